The van der Waals surface area contributed by atoms with E-state index < -0.39 is 28.5 Å². The van der Waals surface area contributed by atoms with Gasteiger partial charge in [0.25, 0.3) is 10.0 Å². The summed E-state index contributed by atoms with van der Waals surface area (Å²) < 4.78 is 33.7. The standard InChI is InChI=1S/C27H30ClN3O5S/c1-4-29-27(33)20(2)30(18-21-13-15-22(28)16-14-21)26(32)19-31(23-9-8-10-24(17-23)36-3)37(34,35)25-11-6-5-7-12-25/h5-17,20H,4,18-19H2,1-3H3,(H,29,33). The van der Waals surface area contributed by atoms with E-state index in [2.05, 4.69) is 5.32 Å². The van der Waals surface area contributed by atoms with Gasteiger partial charge in [-0.1, -0.05) is 48.0 Å². The molecular formula is C27H30ClN3O5S. The van der Waals surface area contributed by atoms with E-state index in [0.717, 1.165) is 9.87 Å². The van der Waals surface area contributed by atoms with Crippen LogP contribution in [0.1, 0.15) is 19.4 Å². The fraction of sp³-hybridized carbons (Fsp3) is 0.259. The quantitative estimate of drug-likeness (QED) is 0.393. The average Bonchev–Trinajstić information content (AvgIpc) is 2.91. The topological polar surface area (TPSA) is 96.0 Å². The molecule has 0 aliphatic heterocycles. The molecule has 0 bridgehead atoms. The van der Waals surface area contributed by atoms with Gasteiger partial charge < -0.3 is 15.0 Å². The Balaban J connectivity index is 2.03. The third-order valence-electron chi connectivity index (χ3n) is 5.74. The summed E-state index contributed by atoms with van der Waals surface area (Å²) in [5.41, 5.74) is 1.00. The molecule has 0 fully saturated rings. The number of carbonyl (C=O) groups excluding carboxylic acids is 2. The number of halogens is 1. The van der Waals surface area contributed by atoms with Crippen LogP contribution in [0.5, 0.6) is 5.75 Å². The summed E-state index contributed by atoms with van der Waals surface area (Å²) in [5, 5.41) is 3.27. The second kappa shape index (κ2) is 12.6. The first-order chi connectivity index (χ1) is 17.7. The summed E-state index contributed by atoms with van der Waals surface area (Å²) in [7, 11) is -2.66. The van der Waals surface area contributed by atoms with Crippen molar-refractivity contribution >= 4 is 39.1 Å². The Kier molecular flexibility index (Phi) is 9.54. The molecule has 0 aliphatic carbocycles. The molecule has 3 aromatic carbocycles. The summed E-state index contributed by atoms with van der Waals surface area (Å²) in [5.74, 6) is -0.452. The van der Waals surface area contributed by atoms with Crippen LogP contribution in [0.15, 0.2) is 83.8 Å². The third kappa shape index (κ3) is 7.02. The van der Waals surface area contributed by atoms with E-state index in [1.807, 2.05) is 0 Å². The zero-order valence-electron chi connectivity index (χ0n) is 20.9. The van der Waals surface area contributed by atoms with Gasteiger partial charge in [-0.15, -0.1) is 0 Å². The molecule has 1 N–H and O–H groups in total. The van der Waals surface area contributed by atoms with Crippen LogP contribution in [0.3, 0.4) is 0 Å². The van der Waals surface area contributed by atoms with Crippen LogP contribution >= 0.6 is 11.6 Å². The zero-order valence-corrected chi connectivity index (χ0v) is 22.5. The molecule has 1 unspecified atom stereocenters. The Morgan fingerprint density at radius 3 is 2.30 bits per heavy atom. The van der Waals surface area contributed by atoms with E-state index >= 15 is 0 Å². The molecule has 0 aromatic heterocycles. The minimum atomic E-state index is -4.13. The van der Waals surface area contributed by atoms with Gasteiger partial charge >= 0.3 is 0 Å². The summed E-state index contributed by atoms with van der Waals surface area (Å²) in [6, 6.07) is 20.4. The van der Waals surface area contributed by atoms with Gasteiger partial charge in [0.15, 0.2) is 0 Å². The lowest BCUT2D eigenvalue weighted by atomic mass is 10.1. The van der Waals surface area contributed by atoms with Crippen molar-refractivity contribution in [2.75, 3.05) is 24.5 Å². The Bertz CT molecular complexity index is 1320. The van der Waals surface area contributed by atoms with Crippen LogP contribution in [0.2, 0.25) is 5.02 Å². The number of hydrogen-bond acceptors (Lipinski definition) is 5. The highest BCUT2D eigenvalue weighted by Crippen LogP contribution is 2.27. The highest BCUT2D eigenvalue weighted by Gasteiger charge is 2.32. The van der Waals surface area contributed by atoms with E-state index in [9.17, 15) is 18.0 Å². The highest BCUT2D eigenvalue weighted by atomic mass is 35.5. The number of ether oxygens (including phenoxy) is 1. The minimum Gasteiger partial charge on any atom is -0.497 e. The fourth-order valence-electron chi connectivity index (χ4n) is 3.71. The van der Waals surface area contributed by atoms with E-state index in [-0.39, 0.29) is 23.0 Å². The number of amides is 2. The van der Waals surface area contributed by atoms with Gasteiger partial charge in [-0.3, -0.25) is 13.9 Å². The van der Waals surface area contributed by atoms with Crippen LogP contribution < -0.4 is 14.4 Å². The fourth-order valence-corrected chi connectivity index (χ4v) is 5.26. The molecule has 196 valence electrons. The minimum absolute atomic E-state index is 0.0339. The summed E-state index contributed by atoms with van der Waals surface area (Å²) in [6.07, 6.45) is 0. The number of hydrogen-bond donors (Lipinski definition) is 1. The second-order valence-electron chi connectivity index (χ2n) is 8.24. The molecule has 37 heavy (non-hydrogen) atoms. The van der Waals surface area contributed by atoms with Crippen molar-refractivity contribution < 1.29 is 22.7 Å². The van der Waals surface area contributed by atoms with Crippen LogP contribution in [-0.4, -0.2) is 51.4 Å². The first kappa shape index (κ1) is 28.0. The second-order valence-corrected chi connectivity index (χ2v) is 10.5. The molecule has 1 atom stereocenters. The van der Waals surface area contributed by atoms with Gasteiger partial charge in [-0.05, 0) is 55.8 Å². The molecule has 0 spiro atoms. The number of anilines is 1. The van der Waals surface area contributed by atoms with Crippen LogP contribution in [-0.2, 0) is 26.2 Å². The number of likely N-dealkylation sites (N-methyl/N-ethyl adjacent to an activating group) is 1. The van der Waals surface area contributed by atoms with E-state index in [1.54, 1.807) is 80.6 Å². The first-order valence-electron chi connectivity index (χ1n) is 11.7. The van der Waals surface area contributed by atoms with Gasteiger partial charge in [0.05, 0.1) is 17.7 Å². The van der Waals surface area contributed by atoms with Crippen molar-refractivity contribution in [3.63, 3.8) is 0 Å². The van der Waals surface area contributed by atoms with Gasteiger partial charge in [-0.2, -0.15) is 0 Å². The summed E-state index contributed by atoms with van der Waals surface area (Å²) in [4.78, 5) is 27.9. The Morgan fingerprint density at radius 2 is 1.68 bits per heavy atom. The number of benzene rings is 3. The van der Waals surface area contributed by atoms with Crippen molar-refractivity contribution in [2.24, 2.45) is 0 Å². The molecule has 0 saturated heterocycles. The molecular weight excluding hydrogens is 514 g/mol. The molecule has 0 saturated carbocycles. The number of carbonyl (C=O) groups is 2. The summed E-state index contributed by atoms with van der Waals surface area (Å²) in [6.45, 7) is 3.35. The van der Waals surface area contributed by atoms with E-state index in [1.165, 1.54) is 24.1 Å². The molecule has 10 heteroatoms. The number of nitrogens with zero attached hydrogens (tertiary/aromatic N) is 2. The molecule has 0 aliphatic rings. The lowest BCUT2D eigenvalue weighted by Crippen LogP contribution is -2.51. The average molecular weight is 544 g/mol. The lowest BCUT2D eigenvalue weighted by Gasteiger charge is -2.32. The number of nitrogens with one attached hydrogen (secondary N) is 1. The van der Waals surface area contributed by atoms with Gasteiger partial charge in [0.2, 0.25) is 11.8 Å². The van der Waals surface area contributed by atoms with Gasteiger partial charge in [-0.25, -0.2) is 8.42 Å². The normalized spacial score (nSPS) is 11.9. The van der Waals surface area contributed by atoms with E-state index in [4.69, 9.17) is 16.3 Å². The molecule has 3 aromatic rings. The van der Waals surface area contributed by atoms with Crippen LogP contribution in [0.25, 0.3) is 0 Å². The molecule has 3 rings (SSSR count). The number of sulfonamides is 1. The molecule has 2 amide bonds. The predicted molar refractivity (Wildman–Crippen MR) is 144 cm³/mol. The van der Waals surface area contributed by atoms with Crippen molar-refractivity contribution in [2.45, 2.75) is 31.3 Å². The third-order valence-corrected chi connectivity index (χ3v) is 7.78. The molecule has 0 radical (unpaired) electrons. The summed E-state index contributed by atoms with van der Waals surface area (Å²) >= 11 is 6.01. The van der Waals surface area contributed by atoms with Crippen molar-refractivity contribution in [3.05, 3.63) is 89.4 Å². The molecule has 8 nitrogen and oxygen atoms in total. The van der Waals surface area contributed by atoms with Crippen LogP contribution in [0.4, 0.5) is 5.69 Å². The highest BCUT2D eigenvalue weighted by molar-refractivity contribution is 7.92. The number of rotatable bonds is 11. The van der Waals surface area contributed by atoms with Crippen LogP contribution in [0, 0.1) is 0 Å². The Morgan fingerprint density at radius 1 is 1.00 bits per heavy atom. The first-order valence-corrected chi connectivity index (χ1v) is 13.5. The monoisotopic (exact) mass is 543 g/mol. The smallest absolute Gasteiger partial charge is 0.264 e. The lowest BCUT2D eigenvalue weighted by molar-refractivity contribution is -0.139. The maximum Gasteiger partial charge on any atom is 0.264 e. The van der Waals surface area contributed by atoms with Crippen molar-refractivity contribution in [1.82, 2.24) is 10.2 Å². The zero-order chi connectivity index (χ0) is 27.0. The van der Waals surface area contributed by atoms with Gasteiger partial charge in [0, 0.05) is 24.2 Å². The van der Waals surface area contributed by atoms with Crippen molar-refractivity contribution in [3.8, 4) is 5.75 Å². The molecule has 0 heterocycles. The SMILES string of the molecule is CCNC(=O)C(C)N(Cc1ccc(Cl)cc1)C(=O)CN(c1cccc(OC)c1)S(=O)(=O)c1ccccc1. The Hall–Kier alpha value is -3.56. The number of methoxy groups -OCH3 is 1. The largest absolute Gasteiger partial charge is 0.497 e. The van der Waals surface area contributed by atoms with Crippen molar-refractivity contribution in [1.29, 1.82) is 0 Å². The maximum absolute atomic E-state index is 13.8. The van der Waals surface area contributed by atoms with Gasteiger partial charge in [0.1, 0.15) is 18.3 Å². The van der Waals surface area contributed by atoms with E-state index in [0.29, 0.717) is 17.3 Å². The predicted octanol–water partition coefficient (Wildman–Crippen LogP) is 4.10. The Labute approximate surface area is 222 Å². The maximum atomic E-state index is 13.8.